The summed E-state index contributed by atoms with van der Waals surface area (Å²) in [5.41, 5.74) is 7.60. The van der Waals surface area contributed by atoms with Crippen molar-refractivity contribution in [3.8, 4) is 0 Å². The van der Waals surface area contributed by atoms with Crippen molar-refractivity contribution in [2.75, 3.05) is 42.6 Å². The molecule has 5 nitrogen and oxygen atoms in total. The Balaban J connectivity index is 1.94. The highest BCUT2D eigenvalue weighted by atomic mass is 32.2. The Morgan fingerprint density at radius 1 is 1.19 bits per heavy atom. The zero-order valence-electron chi connectivity index (χ0n) is 12.8. The first-order chi connectivity index (χ1) is 9.88. The van der Waals surface area contributed by atoms with E-state index in [4.69, 9.17) is 5.73 Å². The van der Waals surface area contributed by atoms with Gasteiger partial charge in [0.15, 0.2) is 0 Å². The molecule has 2 N–H and O–H groups in total. The first kappa shape index (κ1) is 16.1. The fourth-order valence-corrected chi connectivity index (χ4v) is 4.21. The van der Waals surface area contributed by atoms with Crippen molar-refractivity contribution in [3.63, 3.8) is 0 Å². The number of nitrogens with two attached hydrogens (primary N) is 1. The summed E-state index contributed by atoms with van der Waals surface area (Å²) in [7, 11) is -3.11. The van der Waals surface area contributed by atoms with Crippen LogP contribution in [0, 0.1) is 5.92 Å². The topological polar surface area (TPSA) is 66.6 Å². The Bertz CT molecular complexity index is 564. The number of hydrogen-bond donors (Lipinski definition) is 1. The van der Waals surface area contributed by atoms with Gasteiger partial charge in [-0.2, -0.15) is 4.31 Å². The summed E-state index contributed by atoms with van der Waals surface area (Å²) >= 11 is 0. The molecule has 1 aliphatic heterocycles. The molecule has 0 spiro atoms. The van der Waals surface area contributed by atoms with Crippen LogP contribution in [-0.4, -0.2) is 44.7 Å². The third-order valence-electron chi connectivity index (χ3n) is 3.82. The molecule has 1 aromatic rings. The molecule has 0 unspecified atom stereocenters. The molecule has 1 aliphatic rings. The van der Waals surface area contributed by atoms with Gasteiger partial charge in [-0.15, -0.1) is 0 Å². The monoisotopic (exact) mass is 311 g/mol. The summed E-state index contributed by atoms with van der Waals surface area (Å²) in [6, 6.07) is 7.73. The number of nitrogens with zero attached hydrogens (tertiary/aromatic N) is 2. The van der Waals surface area contributed by atoms with Gasteiger partial charge in [0.25, 0.3) is 0 Å². The van der Waals surface area contributed by atoms with Crippen molar-refractivity contribution in [2.24, 2.45) is 5.92 Å². The molecule has 1 aromatic carbocycles. The third kappa shape index (κ3) is 4.35. The minimum absolute atomic E-state index is 0.253. The van der Waals surface area contributed by atoms with Gasteiger partial charge < -0.3 is 10.6 Å². The quantitative estimate of drug-likeness (QED) is 0.842. The van der Waals surface area contributed by atoms with Crippen LogP contribution >= 0.6 is 0 Å². The van der Waals surface area contributed by atoms with E-state index in [0.29, 0.717) is 32.1 Å². The maximum absolute atomic E-state index is 12.3. The SMILES string of the molecule is CC(C)CCS(=O)(=O)N1CCN(c2cccc(N)c2)CC1. The predicted molar refractivity (Wildman–Crippen MR) is 87.9 cm³/mol. The van der Waals surface area contributed by atoms with E-state index >= 15 is 0 Å². The van der Waals surface area contributed by atoms with Crippen molar-refractivity contribution >= 4 is 21.4 Å². The van der Waals surface area contributed by atoms with Gasteiger partial charge in [0, 0.05) is 37.6 Å². The summed E-state index contributed by atoms with van der Waals surface area (Å²) < 4.78 is 26.2. The van der Waals surface area contributed by atoms with Gasteiger partial charge >= 0.3 is 0 Å². The summed E-state index contributed by atoms with van der Waals surface area (Å²) in [5.74, 6) is 0.663. The van der Waals surface area contributed by atoms with E-state index in [2.05, 4.69) is 4.90 Å². The summed E-state index contributed by atoms with van der Waals surface area (Å²) in [6.45, 7) is 6.62. The van der Waals surface area contributed by atoms with Gasteiger partial charge in [-0.05, 0) is 30.5 Å². The lowest BCUT2D eigenvalue weighted by molar-refractivity contribution is 0.383. The van der Waals surface area contributed by atoms with Gasteiger partial charge in [0.05, 0.1) is 5.75 Å². The number of anilines is 2. The average molecular weight is 311 g/mol. The lowest BCUT2D eigenvalue weighted by Gasteiger charge is -2.35. The van der Waals surface area contributed by atoms with Crippen molar-refractivity contribution < 1.29 is 8.42 Å². The highest BCUT2D eigenvalue weighted by molar-refractivity contribution is 7.89. The first-order valence-corrected chi connectivity index (χ1v) is 9.08. The summed E-state index contributed by atoms with van der Waals surface area (Å²) in [6.07, 6.45) is 0.720. The van der Waals surface area contributed by atoms with Crippen LogP contribution in [0.4, 0.5) is 11.4 Å². The largest absolute Gasteiger partial charge is 0.399 e. The van der Waals surface area contributed by atoms with Crippen LogP contribution in [0.5, 0.6) is 0 Å². The molecule has 1 fully saturated rings. The molecule has 0 saturated carbocycles. The van der Waals surface area contributed by atoms with E-state index in [1.165, 1.54) is 0 Å². The zero-order valence-corrected chi connectivity index (χ0v) is 13.6. The zero-order chi connectivity index (χ0) is 15.5. The maximum Gasteiger partial charge on any atom is 0.214 e. The molecule has 0 aromatic heterocycles. The highest BCUT2D eigenvalue weighted by Gasteiger charge is 2.26. The molecule has 1 heterocycles. The minimum Gasteiger partial charge on any atom is -0.399 e. The molecule has 21 heavy (non-hydrogen) atoms. The third-order valence-corrected chi connectivity index (χ3v) is 5.72. The van der Waals surface area contributed by atoms with E-state index in [-0.39, 0.29) is 5.75 Å². The smallest absolute Gasteiger partial charge is 0.214 e. The second kappa shape index (κ2) is 6.66. The van der Waals surface area contributed by atoms with Gasteiger partial charge in [0.2, 0.25) is 10.0 Å². The molecular formula is C15H25N3O2S. The van der Waals surface area contributed by atoms with Crippen molar-refractivity contribution in [3.05, 3.63) is 24.3 Å². The lowest BCUT2D eigenvalue weighted by atomic mass is 10.2. The summed E-state index contributed by atoms with van der Waals surface area (Å²) in [5, 5.41) is 0. The Hall–Kier alpha value is -1.27. The van der Waals surface area contributed by atoms with Gasteiger partial charge in [-0.25, -0.2) is 8.42 Å². The molecule has 0 aliphatic carbocycles. The highest BCUT2D eigenvalue weighted by Crippen LogP contribution is 2.20. The number of rotatable bonds is 5. The number of piperazine rings is 1. The number of sulfonamides is 1. The summed E-state index contributed by atoms with van der Waals surface area (Å²) in [4.78, 5) is 2.19. The van der Waals surface area contributed by atoms with E-state index in [1.807, 2.05) is 38.1 Å². The maximum atomic E-state index is 12.3. The normalized spacial score (nSPS) is 17.4. The van der Waals surface area contributed by atoms with E-state index < -0.39 is 10.0 Å². The second-order valence-corrected chi connectivity index (χ2v) is 8.07. The molecule has 6 heteroatoms. The molecule has 118 valence electrons. The number of benzene rings is 1. The predicted octanol–water partition coefficient (Wildman–Crippen LogP) is 1.77. The van der Waals surface area contributed by atoms with Crippen LogP contribution in [0.3, 0.4) is 0 Å². The van der Waals surface area contributed by atoms with Crippen molar-refractivity contribution in [1.82, 2.24) is 4.31 Å². The van der Waals surface area contributed by atoms with E-state index in [9.17, 15) is 8.42 Å². The first-order valence-electron chi connectivity index (χ1n) is 7.47. The molecule has 0 radical (unpaired) electrons. The number of hydrogen-bond acceptors (Lipinski definition) is 4. The molecular weight excluding hydrogens is 286 g/mol. The molecule has 1 saturated heterocycles. The fraction of sp³-hybridized carbons (Fsp3) is 0.600. The molecule has 2 rings (SSSR count). The van der Waals surface area contributed by atoms with Crippen LogP contribution < -0.4 is 10.6 Å². The molecule has 0 bridgehead atoms. The van der Waals surface area contributed by atoms with Crippen LogP contribution in [0.25, 0.3) is 0 Å². The van der Waals surface area contributed by atoms with Crippen molar-refractivity contribution in [1.29, 1.82) is 0 Å². The Labute approximate surface area is 127 Å². The standard InChI is InChI=1S/C15H25N3O2S/c1-13(2)6-11-21(19,20)18-9-7-17(8-10-18)15-5-3-4-14(16)12-15/h3-5,12-13H,6-11,16H2,1-2H3. The average Bonchev–Trinajstić information content (AvgIpc) is 2.45. The Kier molecular flexibility index (Phi) is 5.11. The van der Waals surface area contributed by atoms with Crippen molar-refractivity contribution in [2.45, 2.75) is 20.3 Å². The molecule has 0 atom stereocenters. The van der Waals surface area contributed by atoms with Crippen LogP contribution in [0.15, 0.2) is 24.3 Å². The van der Waals surface area contributed by atoms with Gasteiger partial charge in [-0.1, -0.05) is 19.9 Å². The van der Waals surface area contributed by atoms with Crippen LogP contribution in [0.1, 0.15) is 20.3 Å². The molecule has 0 amide bonds. The van der Waals surface area contributed by atoms with Gasteiger partial charge in [-0.3, -0.25) is 0 Å². The number of nitrogen functional groups attached to an aromatic ring is 1. The van der Waals surface area contributed by atoms with Gasteiger partial charge in [0.1, 0.15) is 0 Å². The van der Waals surface area contributed by atoms with E-state index in [0.717, 1.165) is 17.8 Å². The second-order valence-electron chi connectivity index (χ2n) is 5.98. The van der Waals surface area contributed by atoms with Crippen LogP contribution in [0.2, 0.25) is 0 Å². The Morgan fingerprint density at radius 3 is 2.43 bits per heavy atom. The fourth-order valence-electron chi connectivity index (χ4n) is 2.46. The van der Waals surface area contributed by atoms with Crippen LogP contribution in [-0.2, 0) is 10.0 Å². The van der Waals surface area contributed by atoms with E-state index in [1.54, 1.807) is 4.31 Å². The Morgan fingerprint density at radius 2 is 1.86 bits per heavy atom. The minimum atomic E-state index is -3.11. The lowest BCUT2D eigenvalue weighted by Crippen LogP contribution is -2.49.